The zero-order valence-corrected chi connectivity index (χ0v) is 12.0. The van der Waals surface area contributed by atoms with E-state index in [1.807, 2.05) is 30.3 Å². The second kappa shape index (κ2) is 5.87. The van der Waals surface area contributed by atoms with E-state index in [1.165, 1.54) is 0 Å². The van der Waals surface area contributed by atoms with Crippen molar-refractivity contribution in [1.82, 2.24) is 4.98 Å². The minimum atomic E-state index is 0.455. The van der Waals surface area contributed by atoms with Crippen LogP contribution >= 0.6 is 39.3 Å². The van der Waals surface area contributed by atoms with Crippen LogP contribution in [0.5, 0.6) is 0 Å². The number of halogens is 2. The Morgan fingerprint density at radius 1 is 1.35 bits per heavy atom. The molecule has 0 aliphatic heterocycles. The number of hydrogen-bond donors (Lipinski definition) is 1. The van der Waals surface area contributed by atoms with Gasteiger partial charge in [-0.15, -0.1) is 0 Å². The van der Waals surface area contributed by atoms with Crippen LogP contribution in [0, 0.1) is 0 Å². The molecule has 2 nitrogen and oxygen atoms in total. The molecular formula is C12H10BrClN2S. The molecule has 17 heavy (non-hydrogen) atoms. The lowest BCUT2D eigenvalue weighted by Crippen LogP contribution is -1.96. The summed E-state index contributed by atoms with van der Waals surface area (Å²) in [5.41, 5.74) is 6.52. The van der Waals surface area contributed by atoms with Crippen LogP contribution in [-0.2, 0) is 6.54 Å². The van der Waals surface area contributed by atoms with Gasteiger partial charge in [-0.1, -0.05) is 29.4 Å². The van der Waals surface area contributed by atoms with Crippen LogP contribution in [-0.4, -0.2) is 4.98 Å². The van der Waals surface area contributed by atoms with Crippen molar-refractivity contribution in [2.45, 2.75) is 16.5 Å². The molecule has 0 radical (unpaired) electrons. The van der Waals surface area contributed by atoms with Crippen LogP contribution in [0.15, 0.2) is 50.9 Å². The normalized spacial score (nSPS) is 10.5. The summed E-state index contributed by atoms with van der Waals surface area (Å²) >= 11 is 11.1. The van der Waals surface area contributed by atoms with Gasteiger partial charge in [0, 0.05) is 22.7 Å². The Bertz CT molecular complexity index is 534. The Balaban J connectivity index is 2.25. The van der Waals surface area contributed by atoms with Gasteiger partial charge in [-0.3, -0.25) is 0 Å². The van der Waals surface area contributed by atoms with Crippen molar-refractivity contribution in [3.05, 3.63) is 51.6 Å². The van der Waals surface area contributed by atoms with Crippen molar-refractivity contribution in [3.8, 4) is 0 Å². The van der Waals surface area contributed by atoms with Gasteiger partial charge in [0.1, 0.15) is 5.03 Å². The van der Waals surface area contributed by atoms with Gasteiger partial charge < -0.3 is 5.73 Å². The molecule has 88 valence electrons. The first-order chi connectivity index (χ1) is 8.20. The topological polar surface area (TPSA) is 38.9 Å². The van der Waals surface area contributed by atoms with Crippen molar-refractivity contribution in [2.75, 3.05) is 0 Å². The molecule has 0 spiro atoms. The van der Waals surface area contributed by atoms with Gasteiger partial charge in [0.2, 0.25) is 0 Å². The number of rotatable bonds is 3. The van der Waals surface area contributed by atoms with Gasteiger partial charge in [0.25, 0.3) is 0 Å². The quantitative estimate of drug-likeness (QED) is 0.921. The average Bonchev–Trinajstić information content (AvgIpc) is 2.32. The number of benzene rings is 1. The first-order valence-electron chi connectivity index (χ1n) is 4.97. The molecule has 0 aliphatic rings. The lowest BCUT2D eigenvalue weighted by molar-refractivity contribution is 1.06. The fraction of sp³-hybridized carbons (Fsp3) is 0.0833. The molecule has 0 unspecified atom stereocenters. The highest BCUT2D eigenvalue weighted by atomic mass is 79.9. The van der Waals surface area contributed by atoms with Gasteiger partial charge >= 0.3 is 0 Å². The van der Waals surface area contributed by atoms with E-state index in [2.05, 4.69) is 20.9 Å². The third kappa shape index (κ3) is 3.22. The Morgan fingerprint density at radius 2 is 2.18 bits per heavy atom. The zero-order chi connectivity index (χ0) is 12.3. The summed E-state index contributed by atoms with van der Waals surface area (Å²) in [6, 6.07) is 9.71. The van der Waals surface area contributed by atoms with Crippen molar-refractivity contribution < 1.29 is 0 Å². The lowest BCUT2D eigenvalue weighted by atomic mass is 10.2. The summed E-state index contributed by atoms with van der Waals surface area (Å²) in [6.07, 6.45) is 1.77. The maximum atomic E-state index is 6.11. The number of pyridine rings is 1. The molecule has 1 aromatic carbocycles. The minimum Gasteiger partial charge on any atom is -0.326 e. The van der Waals surface area contributed by atoms with Crippen LogP contribution in [0.3, 0.4) is 0 Å². The smallest absolute Gasteiger partial charge is 0.115 e. The van der Waals surface area contributed by atoms with E-state index in [-0.39, 0.29) is 0 Å². The largest absolute Gasteiger partial charge is 0.326 e. The minimum absolute atomic E-state index is 0.455. The molecule has 0 fully saturated rings. The van der Waals surface area contributed by atoms with E-state index in [0.717, 1.165) is 20.0 Å². The number of nitrogens with two attached hydrogens (primary N) is 1. The van der Waals surface area contributed by atoms with Crippen LogP contribution < -0.4 is 5.73 Å². The maximum Gasteiger partial charge on any atom is 0.115 e. The molecule has 2 N–H and O–H groups in total. The highest BCUT2D eigenvalue weighted by molar-refractivity contribution is 9.10. The monoisotopic (exact) mass is 328 g/mol. The molecule has 0 amide bonds. The Morgan fingerprint density at radius 3 is 2.82 bits per heavy atom. The van der Waals surface area contributed by atoms with Crippen molar-refractivity contribution in [2.24, 2.45) is 5.73 Å². The first-order valence-corrected chi connectivity index (χ1v) is 6.96. The van der Waals surface area contributed by atoms with E-state index in [0.29, 0.717) is 11.6 Å². The summed E-state index contributed by atoms with van der Waals surface area (Å²) in [5.74, 6) is 0. The van der Waals surface area contributed by atoms with E-state index in [9.17, 15) is 0 Å². The van der Waals surface area contributed by atoms with E-state index < -0.39 is 0 Å². The van der Waals surface area contributed by atoms with Crippen LogP contribution in [0.2, 0.25) is 5.02 Å². The van der Waals surface area contributed by atoms with Crippen LogP contribution in [0.4, 0.5) is 0 Å². The second-order valence-electron chi connectivity index (χ2n) is 3.35. The van der Waals surface area contributed by atoms with Gasteiger partial charge in [-0.25, -0.2) is 4.98 Å². The van der Waals surface area contributed by atoms with Gasteiger partial charge in [0.15, 0.2) is 0 Å². The van der Waals surface area contributed by atoms with Gasteiger partial charge in [-0.2, -0.15) is 0 Å². The lowest BCUT2D eigenvalue weighted by Gasteiger charge is -2.05. The third-order valence-electron chi connectivity index (χ3n) is 2.18. The summed E-state index contributed by atoms with van der Waals surface area (Å²) in [7, 11) is 0. The van der Waals surface area contributed by atoms with E-state index in [1.54, 1.807) is 18.0 Å². The molecule has 0 saturated heterocycles. The zero-order valence-electron chi connectivity index (χ0n) is 8.86. The molecule has 5 heteroatoms. The number of aromatic nitrogens is 1. The Kier molecular flexibility index (Phi) is 4.45. The summed E-state index contributed by atoms with van der Waals surface area (Å²) < 4.78 is 0.976. The van der Waals surface area contributed by atoms with Crippen molar-refractivity contribution >= 4 is 39.3 Å². The summed E-state index contributed by atoms with van der Waals surface area (Å²) in [5, 5.41) is 1.62. The molecule has 0 saturated carbocycles. The average molecular weight is 330 g/mol. The second-order valence-corrected chi connectivity index (χ2v) is 5.67. The van der Waals surface area contributed by atoms with Crippen LogP contribution in [0.1, 0.15) is 5.56 Å². The Hall–Kier alpha value is -0.550. The van der Waals surface area contributed by atoms with E-state index >= 15 is 0 Å². The highest BCUT2D eigenvalue weighted by Crippen LogP contribution is 2.33. The van der Waals surface area contributed by atoms with Gasteiger partial charge in [0.05, 0.1) is 4.47 Å². The molecular weight excluding hydrogens is 320 g/mol. The summed E-state index contributed by atoms with van der Waals surface area (Å²) in [6.45, 7) is 0.455. The molecule has 2 rings (SSSR count). The molecule has 0 aliphatic carbocycles. The third-order valence-corrected chi connectivity index (χ3v) is 4.45. The van der Waals surface area contributed by atoms with Crippen LogP contribution in [0.25, 0.3) is 0 Å². The molecule has 1 heterocycles. The van der Waals surface area contributed by atoms with Gasteiger partial charge in [-0.05, 0) is 45.8 Å². The highest BCUT2D eigenvalue weighted by Gasteiger charge is 2.05. The fourth-order valence-corrected chi connectivity index (χ4v) is 2.95. The van der Waals surface area contributed by atoms with E-state index in [4.69, 9.17) is 17.3 Å². The molecule has 0 atom stereocenters. The molecule has 2 aromatic rings. The predicted molar refractivity (Wildman–Crippen MR) is 75.4 cm³/mol. The number of hydrogen-bond acceptors (Lipinski definition) is 3. The molecule has 1 aromatic heterocycles. The number of nitrogens with zero attached hydrogens (tertiary/aromatic N) is 1. The SMILES string of the molecule is NCc1ccc(Sc2ncccc2Br)cc1Cl. The Labute approximate surface area is 118 Å². The predicted octanol–water partition coefficient (Wildman–Crippen LogP) is 4.11. The molecule has 0 bridgehead atoms. The van der Waals surface area contributed by atoms with Crippen molar-refractivity contribution in [1.29, 1.82) is 0 Å². The maximum absolute atomic E-state index is 6.11. The standard InChI is InChI=1S/C12H10BrClN2S/c13-10-2-1-5-16-12(10)17-9-4-3-8(7-15)11(14)6-9/h1-6H,7,15H2. The first kappa shape index (κ1) is 12.9. The summed E-state index contributed by atoms with van der Waals surface area (Å²) in [4.78, 5) is 5.34. The fourth-order valence-electron chi connectivity index (χ4n) is 1.32. The van der Waals surface area contributed by atoms with Crippen molar-refractivity contribution in [3.63, 3.8) is 0 Å².